The van der Waals surface area contributed by atoms with Gasteiger partial charge in [0.1, 0.15) is 0 Å². The van der Waals surface area contributed by atoms with Gasteiger partial charge >= 0.3 is 4.61 Å². The zero-order valence-electron chi connectivity index (χ0n) is 11.9. The molecule has 0 radical (unpaired) electrons. The van der Waals surface area contributed by atoms with Crippen LogP contribution in [0.15, 0.2) is 10.4 Å². The average molecular weight is 336 g/mol. The molecule has 1 fully saturated rings. The predicted molar refractivity (Wildman–Crippen MR) is 77.4 cm³/mol. The summed E-state index contributed by atoms with van der Waals surface area (Å²) in [7, 11) is 3.63. The van der Waals surface area contributed by atoms with Gasteiger partial charge in [0.15, 0.2) is 5.82 Å². The fraction of sp³-hybridized carbons (Fsp3) is 0.833. The molecule has 1 heterocycles. The highest BCUT2D eigenvalue weighted by Crippen LogP contribution is 2.25. The van der Waals surface area contributed by atoms with E-state index in [2.05, 4.69) is 22.9 Å². The maximum Gasteiger partial charge on any atom is 0.350 e. The van der Waals surface area contributed by atoms with Crippen LogP contribution in [0, 0.1) is 22.0 Å². The van der Waals surface area contributed by atoms with Crippen molar-refractivity contribution in [2.75, 3.05) is 40.4 Å². The quantitative estimate of drug-likeness (QED) is 0.422. The molecule has 19 heavy (non-hydrogen) atoms. The summed E-state index contributed by atoms with van der Waals surface area (Å²) < 4.78 is 5.47. The summed E-state index contributed by atoms with van der Waals surface area (Å²) >= 11 is 3.08. The Bertz CT molecular complexity index is 360. The number of hydrogen-bond acceptors (Lipinski definition) is 5. The Hall–Kier alpha value is -0.820. The summed E-state index contributed by atoms with van der Waals surface area (Å²) in [6, 6.07) is 0. The monoisotopic (exact) mass is 335 g/mol. The molecule has 0 bridgehead atoms. The molecule has 1 aliphatic heterocycles. The second kappa shape index (κ2) is 7.09. The van der Waals surface area contributed by atoms with E-state index in [0.29, 0.717) is 17.7 Å². The van der Waals surface area contributed by atoms with E-state index in [1.54, 1.807) is 4.90 Å². The second-order valence-corrected chi connectivity index (χ2v) is 5.83. The van der Waals surface area contributed by atoms with Crippen LogP contribution in [0.4, 0.5) is 0 Å². The SMILES string of the molecule is CCN(CC1COCC1C)C(=C(Br)[N+](=O)[O-])N(C)C. The fourth-order valence-electron chi connectivity index (χ4n) is 2.27. The van der Waals surface area contributed by atoms with Gasteiger partial charge in [-0.1, -0.05) is 6.92 Å². The van der Waals surface area contributed by atoms with Gasteiger partial charge in [-0.3, -0.25) is 10.1 Å². The Morgan fingerprint density at radius 2 is 2.11 bits per heavy atom. The van der Waals surface area contributed by atoms with Gasteiger partial charge in [0, 0.05) is 55.6 Å². The van der Waals surface area contributed by atoms with Crippen LogP contribution in [0.5, 0.6) is 0 Å². The number of halogens is 1. The van der Waals surface area contributed by atoms with E-state index in [9.17, 15) is 10.1 Å². The van der Waals surface area contributed by atoms with E-state index in [4.69, 9.17) is 4.74 Å². The Kier molecular flexibility index (Phi) is 6.06. The molecule has 0 aromatic rings. The van der Waals surface area contributed by atoms with Crippen LogP contribution in [0.2, 0.25) is 0 Å². The molecule has 1 rings (SSSR count). The van der Waals surface area contributed by atoms with Crippen molar-refractivity contribution in [2.45, 2.75) is 13.8 Å². The van der Waals surface area contributed by atoms with Crippen molar-refractivity contribution < 1.29 is 9.66 Å². The first kappa shape index (κ1) is 16.2. The largest absolute Gasteiger partial charge is 0.381 e. The number of ether oxygens (including phenoxy) is 1. The van der Waals surface area contributed by atoms with Gasteiger partial charge in [-0.05, 0) is 12.8 Å². The highest BCUT2D eigenvalue weighted by Gasteiger charge is 2.30. The normalized spacial score (nSPS) is 24.1. The molecular formula is C12H22BrN3O3. The van der Waals surface area contributed by atoms with Gasteiger partial charge in [0.05, 0.1) is 11.5 Å². The van der Waals surface area contributed by atoms with Crippen LogP contribution in [0.1, 0.15) is 13.8 Å². The number of rotatable bonds is 6. The lowest BCUT2D eigenvalue weighted by molar-refractivity contribution is -0.412. The topological polar surface area (TPSA) is 58.9 Å². The summed E-state index contributed by atoms with van der Waals surface area (Å²) in [4.78, 5) is 14.4. The molecular weight excluding hydrogens is 314 g/mol. The van der Waals surface area contributed by atoms with Gasteiger partial charge < -0.3 is 14.5 Å². The highest BCUT2D eigenvalue weighted by molar-refractivity contribution is 9.11. The van der Waals surface area contributed by atoms with Crippen molar-refractivity contribution in [2.24, 2.45) is 11.8 Å². The number of nitrogens with zero attached hydrogens (tertiary/aromatic N) is 3. The zero-order valence-corrected chi connectivity index (χ0v) is 13.5. The van der Waals surface area contributed by atoms with Crippen LogP contribution in [-0.2, 0) is 4.74 Å². The van der Waals surface area contributed by atoms with Crippen LogP contribution >= 0.6 is 15.9 Å². The number of nitro groups is 1. The highest BCUT2D eigenvalue weighted by atomic mass is 79.9. The smallest absolute Gasteiger partial charge is 0.350 e. The Morgan fingerprint density at radius 1 is 1.47 bits per heavy atom. The molecule has 2 unspecified atom stereocenters. The molecule has 1 saturated heterocycles. The van der Waals surface area contributed by atoms with Gasteiger partial charge in [-0.15, -0.1) is 0 Å². The molecule has 7 heteroatoms. The first-order valence-electron chi connectivity index (χ1n) is 6.42. The minimum Gasteiger partial charge on any atom is -0.381 e. The molecule has 0 aromatic heterocycles. The van der Waals surface area contributed by atoms with Crippen molar-refractivity contribution >= 4 is 15.9 Å². The molecule has 0 saturated carbocycles. The number of hydrogen-bond donors (Lipinski definition) is 0. The van der Waals surface area contributed by atoms with Gasteiger partial charge in [0.25, 0.3) is 0 Å². The van der Waals surface area contributed by atoms with Crippen molar-refractivity contribution in [1.29, 1.82) is 0 Å². The Balaban J connectivity index is 2.91. The molecule has 0 aliphatic carbocycles. The predicted octanol–water partition coefficient (Wildman–Crippen LogP) is 1.95. The minimum atomic E-state index is -0.396. The summed E-state index contributed by atoms with van der Waals surface area (Å²) in [5.41, 5.74) is 0. The lowest BCUT2D eigenvalue weighted by atomic mass is 9.97. The molecule has 0 aromatic carbocycles. The van der Waals surface area contributed by atoms with Crippen LogP contribution in [0.25, 0.3) is 0 Å². The van der Waals surface area contributed by atoms with E-state index in [-0.39, 0.29) is 4.61 Å². The van der Waals surface area contributed by atoms with Crippen LogP contribution in [0.3, 0.4) is 0 Å². The molecule has 0 spiro atoms. The summed E-state index contributed by atoms with van der Waals surface area (Å²) in [6.07, 6.45) is 0. The van der Waals surface area contributed by atoms with E-state index in [1.165, 1.54) is 0 Å². The molecule has 6 nitrogen and oxygen atoms in total. The van der Waals surface area contributed by atoms with Crippen molar-refractivity contribution in [3.05, 3.63) is 20.5 Å². The van der Waals surface area contributed by atoms with Crippen molar-refractivity contribution in [1.82, 2.24) is 9.80 Å². The van der Waals surface area contributed by atoms with Crippen molar-refractivity contribution in [3.8, 4) is 0 Å². The first-order chi connectivity index (χ1) is 8.88. The van der Waals surface area contributed by atoms with Gasteiger partial charge in [-0.2, -0.15) is 0 Å². The molecule has 2 atom stereocenters. The maximum atomic E-state index is 11.0. The van der Waals surface area contributed by atoms with E-state index in [0.717, 1.165) is 26.3 Å². The first-order valence-corrected chi connectivity index (χ1v) is 7.21. The standard InChI is InChI=1S/C12H22BrN3O3/c1-5-15(6-10-8-19-7-9(10)2)12(14(3)4)11(13)16(17)18/h9-10H,5-8H2,1-4H3. The molecule has 0 N–H and O–H groups in total. The lowest BCUT2D eigenvalue weighted by Crippen LogP contribution is -2.37. The van der Waals surface area contributed by atoms with E-state index < -0.39 is 4.92 Å². The summed E-state index contributed by atoms with van der Waals surface area (Å²) in [5, 5.41) is 11.0. The molecule has 110 valence electrons. The van der Waals surface area contributed by atoms with Gasteiger partial charge in [-0.25, -0.2) is 0 Å². The minimum absolute atomic E-state index is 0.00548. The third kappa shape index (κ3) is 4.07. The third-order valence-electron chi connectivity index (χ3n) is 3.42. The lowest BCUT2D eigenvalue weighted by Gasteiger charge is -2.32. The van der Waals surface area contributed by atoms with Crippen LogP contribution < -0.4 is 0 Å². The fourth-order valence-corrected chi connectivity index (χ4v) is 2.87. The molecule has 1 aliphatic rings. The van der Waals surface area contributed by atoms with E-state index >= 15 is 0 Å². The zero-order chi connectivity index (χ0) is 14.6. The maximum absolute atomic E-state index is 11.0. The van der Waals surface area contributed by atoms with E-state index in [1.807, 2.05) is 25.9 Å². The van der Waals surface area contributed by atoms with Gasteiger partial charge in [0.2, 0.25) is 0 Å². The Morgan fingerprint density at radius 3 is 2.47 bits per heavy atom. The van der Waals surface area contributed by atoms with Crippen LogP contribution in [-0.4, -0.2) is 55.1 Å². The van der Waals surface area contributed by atoms with Crippen molar-refractivity contribution in [3.63, 3.8) is 0 Å². The Labute approximate surface area is 122 Å². The summed E-state index contributed by atoms with van der Waals surface area (Å²) in [6.45, 7) is 7.17. The third-order valence-corrected chi connectivity index (χ3v) is 4.07. The summed E-state index contributed by atoms with van der Waals surface area (Å²) in [5.74, 6) is 1.51. The molecule has 0 amide bonds. The average Bonchev–Trinajstić information content (AvgIpc) is 2.73. The second-order valence-electron chi connectivity index (χ2n) is 5.08.